The fraction of sp³-hybridized carbons (Fsp3) is 0.350. The van der Waals surface area contributed by atoms with Crippen molar-refractivity contribution in [3.63, 3.8) is 0 Å². The maximum atomic E-state index is 12.4. The largest absolute Gasteiger partial charge is 0.322 e. The molecule has 26 heavy (non-hydrogen) atoms. The lowest BCUT2D eigenvalue weighted by molar-refractivity contribution is 0.102. The third-order valence-electron chi connectivity index (χ3n) is 4.75. The van der Waals surface area contributed by atoms with Crippen molar-refractivity contribution >= 4 is 21.6 Å². The molecule has 6 heteroatoms. The molecule has 1 amide bonds. The van der Waals surface area contributed by atoms with Gasteiger partial charge in [-0.25, -0.2) is 13.1 Å². The third kappa shape index (κ3) is 4.14. The van der Waals surface area contributed by atoms with Crippen LogP contribution in [0, 0.1) is 0 Å². The smallest absolute Gasteiger partial charge is 0.255 e. The van der Waals surface area contributed by atoms with Crippen LogP contribution in [0.2, 0.25) is 0 Å². The number of anilines is 1. The quantitative estimate of drug-likeness (QED) is 0.815. The van der Waals surface area contributed by atoms with Gasteiger partial charge < -0.3 is 5.32 Å². The number of fused-ring (bicyclic) bond motifs is 1. The van der Waals surface area contributed by atoms with E-state index < -0.39 is 10.0 Å². The standard InChI is InChI=1S/C20H24N2O3S/c1-3-14(2)22-26(24,25)19-11-8-16(9-12-19)20(23)21-18-10-7-15-5-4-6-17(15)13-18/h7-14,22H,3-6H2,1-2H3,(H,21,23)/t14-/m0/s1. The van der Waals surface area contributed by atoms with Crippen LogP contribution in [0.15, 0.2) is 47.4 Å². The SMILES string of the molecule is CC[C@H](C)NS(=O)(=O)c1ccc(C(=O)Nc2ccc3c(c2)CCC3)cc1. The lowest BCUT2D eigenvalue weighted by Gasteiger charge is -2.12. The highest BCUT2D eigenvalue weighted by molar-refractivity contribution is 7.89. The Hall–Kier alpha value is -2.18. The van der Waals surface area contributed by atoms with Gasteiger partial charge in [-0.1, -0.05) is 13.0 Å². The molecule has 2 aromatic carbocycles. The summed E-state index contributed by atoms with van der Waals surface area (Å²) in [5.41, 5.74) is 3.84. The molecule has 0 aliphatic heterocycles. The minimum Gasteiger partial charge on any atom is -0.322 e. The number of amides is 1. The van der Waals surface area contributed by atoms with Crippen LogP contribution >= 0.6 is 0 Å². The highest BCUT2D eigenvalue weighted by atomic mass is 32.2. The zero-order valence-electron chi connectivity index (χ0n) is 15.1. The second-order valence-corrected chi connectivity index (χ2v) is 8.46. The van der Waals surface area contributed by atoms with E-state index in [1.54, 1.807) is 0 Å². The maximum absolute atomic E-state index is 12.4. The van der Waals surface area contributed by atoms with Crippen molar-refractivity contribution in [3.05, 3.63) is 59.2 Å². The molecule has 138 valence electrons. The zero-order valence-corrected chi connectivity index (χ0v) is 15.9. The van der Waals surface area contributed by atoms with Gasteiger partial charge in [-0.3, -0.25) is 4.79 Å². The number of aryl methyl sites for hydroxylation is 2. The molecular weight excluding hydrogens is 348 g/mol. The second-order valence-electron chi connectivity index (χ2n) is 6.75. The topological polar surface area (TPSA) is 75.3 Å². The summed E-state index contributed by atoms with van der Waals surface area (Å²) in [7, 11) is -3.56. The van der Waals surface area contributed by atoms with E-state index in [-0.39, 0.29) is 16.8 Å². The first-order valence-corrected chi connectivity index (χ1v) is 10.4. The Morgan fingerprint density at radius 1 is 1.08 bits per heavy atom. The minimum atomic E-state index is -3.56. The molecule has 2 N–H and O–H groups in total. The molecule has 3 rings (SSSR count). The average molecular weight is 372 g/mol. The van der Waals surface area contributed by atoms with Crippen molar-refractivity contribution in [3.8, 4) is 0 Å². The van der Waals surface area contributed by atoms with Crippen molar-refractivity contribution in [2.75, 3.05) is 5.32 Å². The van der Waals surface area contributed by atoms with E-state index in [0.717, 1.165) is 24.9 Å². The number of nitrogens with one attached hydrogen (secondary N) is 2. The van der Waals surface area contributed by atoms with Crippen molar-refractivity contribution < 1.29 is 13.2 Å². The Balaban J connectivity index is 1.71. The van der Waals surface area contributed by atoms with E-state index in [2.05, 4.69) is 16.1 Å². The van der Waals surface area contributed by atoms with E-state index in [1.165, 1.54) is 35.4 Å². The Bertz CT molecular complexity index is 905. The van der Waals surface area contributed by atoms with Crippen LogP contribution in [0.4, 0.5) is 5.69 Å². The predicted molar refractivity (Wildman–Crippen MR) is 103 cm³/mol. The summed E-state index contributed by atoms with van der Waals surface area (Å²) in [6, 6.07) is 11.9. The van der Waals surface area contributed by atoms with E-state index in [0.29, 0.717) is 12.0 Å². The fourth-order valence-corrected chi connectivity index (χ4v) is 4.38. The Morgan fingerprint density at radius 3 is 2.46 bits per heavy atom. The molecule has 5 nitrogen and oxygen atoms in total. The molecule has 0 aromatic heterocycles. The number of rotatable bonds is 6. The maximum Gasteiger partial charge on any atom is 0.255 e. The average Bonchev–Trinajstić information content (AvgIpc) is 3.09. The molecule has 1 aliphatic rings. The molecule has 0 bridgehead atoms. The fourth-order valence-electron chi connectivity index (χ4n) is 3.05. The Labute approximate surface area is 154 Å². The van der Waals surface area contributed by atoms with Gasteiger partial charge in [0.25, 0.3) is 5.91 Å². The summed E-state index contributed by atoms with van der Waals surface area (Å²) in [6.07, 6.45) is 4.02. The van der Waals surface area contributed by atoms with E-state index in [4.69, 9.17) is 0 Å². The van der Waals surface area contributed by atoms with Crippen LogP contribution < -0.4 is 10.0 Å². The van der Waals surface area contributed by atoms with Crippen molar-refractivity contribution in [2.24, 2.45) is 0 Å². The lowest BCUT2D eigenvalue weighted by atomic mass is 10.1. The van der Waals surface area contributed by atoms with Crippen molar-refractivity contribution in [1.82, 2.24) is 4.72 Å². The van der Waals surface area contributed by atoms with Crippen LogP contribution in [0.25, 0.3) is 0 Å². The summed E-state index contributed by atoms with van der Waals surface area (Å²) in [5.74, 6) is -0.248. The summed E-state index contributed by atoms with van der Waals surface area (Å²) in [4.78, 5) is 12.6. The molecule has 1 aliphatic carbocycles. The molecule has 0 unspecified atom stereocenters. The molecule has 0 heterocycles. The van der Waals surface area contributed by atoms with Gasteiger partial charge in [-0.2, -0.15) is 0 Å². The second kappa shape index (κ2) is 7.60. The first-order valence-electron chi connectivity index (χ1n) is 8.94. The number of hydrogen-bond donors (Lipinski definition) is 2. The van der Waals surface area contributed by atoms with Gasteiger partial charge in [0, 0.05) is 17.3 Å². The normalized spacial score (nSPS) is 14.7. The zero-order chi connectivity index (χ0) is 18.7. The van der Waals surface area contributed by atoms with Gasteiger partial charge in [0.2, 0.25) is 10.0 Å². The molecule has 0 radical (unpaired) electrons. The molecule has 0 spiro atoms. The number of hydrogen-bond acceptors (Lipinski definition) is 3. The highest BCUT2D eigenvalue weighted by Crippen LogP contribution is 2.25. The van der Waals surface area contributed by atoms with Gasteiger partial charge in [0.1, 0.15) is 0 Å². The van der Waals surface area contributed by atoms with Gasteiger partial charge in [-0.05, 0) is 80.1 Å². The van der Waals surface area contributed by atoms with Crippen molar-refractivity contribution in [2.45, 2.75) is 50.5 Å². The first-order chi connectivity index (χ1) is 12.4. The number of sulfonamides is 1. The molecule has 2 aromatic rings. The monoisotopic (exact) mass is 372 g/mol. The van der Waals surface area contributed by atoms with Crippen molar-refractivity contribution in [1.29, 1.82) is 0 Å². The van der Waals surface area contributed by atoms with Gasteiger partial charge in [-0.15, -0.1) is 0 Å². The highest BCUT2D eigenvalue weighted by Gasteiger charge is 2.17. The van der Waals surface area contributed by atoms with E-state index in [9.17, 15) is 13.2 Å². The van der Waals surface area contributed by atoms with Crippen LogP contribution in [0.3, 0.4) is 0 Å². The molecule has 0 saturated heterocycles. The number of carbonyl (C=O) groups is 1. The van der Waals surface area contributed by atoms with Crippen LogP contribution in [-0.2, 0) is 22.9 Å². The molecule has 0 saturated carbocycles. The molecular formula is C20H24N2O3S. The summed E-state index contributed by atoms with van der Waals surface area (Å²) in [6.45, 7) is 3.73. The number of benzene rings is 2. The van der Waals surface area contributed by atoms with Gasteiger partial charge in [0.15, 0.2) is 0 Å². The minimum absolute atomic E-state index is 0.136. The Kier molecular flexibility index (Phi) is 5.44. The van der Waals surface area contributed by atoms with Gasteiger partial charge in [0.05, 0.1) is 4.90 Å². The number of carbonyl (C=O) groups excluding carboxylic acids is 1. The molecule has 1 atom stereocenters. The van der Waals surface area contributed by atoms with Crippen LogP contribution in [0.5, 0.6) is 0 Å². The Morgan fingerprint density at radius 2 is 1.77 bits per heavy atom. The van der Waals surface area contributed by atoms with Crippen LogP contribution in [0.1, 0.15) is 48.2 Å². The molecule has 0 fully saturated rings. The first kappa shape index (κ1) is 18.6. The summed E-state index contributed by atoms with van der Waals surface area (Å²) >= 11 is 0. The summed E-state index contributed by atoms with van der Waals surface area (Å²) < 4.78 is 27.1. The van der Waals surface area contributed by atoms with Gasteiger partial charge >= 0.3 is 0 Å². The third-order valence-corrected chi connectivity index (χ3v) is 6.36. The predicted octanol–water partition coefficient (Wildman–Crippen LogP) is 3.50. The van der Waals surface area contributed by atoms with E-state index >= 15 is 0 Å². The van der Waals surface area contributed by atoms with Crippen LogP contribution in [-0.4, -0.2) is 20.4 Å². The lowest BCUT2D eigenvalue weighted by Crippen LogP contribution is -2.32. The van der Waals surface area contributed by atoms with E-state index in [1.807, 2.05) is 26.0 Å². The summed E-state index contributed by atoms with van der Waals surface area (Å²) in [5, 5.41) is 2.88.